The molecule has 7 heteroatoms. The fraction of sp³-hybridized carbons (Fsp3) is 0.375. The Hall–Kier alpha value is -1.74. The third-order valence-corrected chi connectivity index (χ3v) is 4.49. The number of aromatic nitrogens is 1. The Bertz CT molecular complexity index is 765. The lowest BCUT2D eigenvalue weighted by Gasteiger charge is -2.08. The maximum Gasteiger partial charge on any atom is 0.174 e. The van der Waals surface area contributed by atoms with E-state index in [-0.39, 0.29) is 6.61 Å². The van der Waals surface area contributed by atoms with Crippen LogP contribution in [0.2, 0.25) is 10.0 Å². The molecule has 2 aromatic rings. The van der Waals surface area contributed by atoms with E-state index < -0.39 is 0 Å². The van der Waals surface area contributed by atoms with Crippen LogP contribution in [0.3, 0.4) is 0 Å². The SMILES string of the molecule is CC=O.CNC1CCn2c1cc1c(OCC#N)cc(Cl)c(Cl)c12. The molecular weight excluding hydrogens is 337 g/mol. The molecule has 1 aromatic heterocycles. The van der Waals surface area contributed by atoms with Gasteiger partial charge in [0.25, 0.3) is 0 Å². The summed E-state index contributed by atoms with van der Waals surface area (Å²) in [4.78, 5) is 8.81. The van der Waals surface area contributed by atoms with Crippen molar-refractivity contribution in [1.29, 1.82) is 5.26 Å². The van der Waals surface area contributed by atoms with Crippen LogP contribution in [0, 0.1) is 11.3 Å². The van der Waals surface area contributed by atoms with Gasteiger partial charge >= 0.3 is 0 Å². The molecule has 0 radical (unpaired) electrons. The molecule has 122 valence electrons. The summed E-state index contributed by atoms with van der Waals surface area (Å²) in [7, 11) is 1.94. The standard InChI is InChI=1S/C14H13Cl2N3O.C2H4O/c1-18-10-2-4-19-11(10)6-8-12(20-5-3-17)7-9(15)13(16)14(8)19;1-2-3/h6-7,10,18H,2,4-5H2,1H3;2H,1H3. The molecule has 3 rings (SSSR count). The summed E-state index contributed by atoms with van der Waals surface area (Å²) in [5, 5.41) is 13.8. The summed E-state index contributed by atoms with van der Waals surface area (Å²) in [6, 6.07) is 6.02. The van der Waals surface area contributed by atoms with Crippen molar-refractivity contribution < 1.29 is 9.53 Å². The number of fused-ring (bicyclic) bond motifs is 3. The number of nitrogens with one attached hydrogen (secondary N) is 1. The van der Waals surface area contributed by atoms with E-state index in [4.69, 9.17) is 38.0 Å². The van der Waals surface area contributed by atoms with Crippen LogP contribution in [0.25, 0.3) is 10.9 Å². The van der Waals surface area contributed by atoms with Gasteiger partial charge in [-0.2, -0.15) is 5.26 Å². The average molecular weight is 354 g/mol. The monoisotopic (exact) mass is 353 g/mol. The van der Waals surface area contributed by atoms with E-state index in [0.29, 0.717) is 21.8 Å². The Morgan fingerprint density at radius 1 is 1.52 bits per heavy atom. The summed E-state index contributed by atoms with van der Waals surface area (Å²) in [5.41, 5.74) is 2.06. The number of aldehydes is 1. The Labute approximate surface area is 144 Å². The van der Waals surface area contributed by atoms with Gasteiger partial charge in [0.05, 0.1) is 15.6 Å². The van der Waals surface area contributed by atoms with Crippen LogP contribution in [-0.2, 0) is 11.3 Å². The number of aryl methyl sites for hydroxylation is 1. The Kier molecular flexibility index (Phi) is 5.89. The van der Waals surface area contributed by atoms with E-state index >= 15 is 0 Å². The molecule has 23 heavy (non-hydrogen) atoms. The minimum absolute atomic E-state index is 0.0109. The van der Waals surface area contributed by atoms with Gasteiger partial charge in [-0.25, -0.2) is 0 Å². The third-order valence-electron chi connectivity index (χ3n) is 3.71. The fourth-order valence-electron chi connectivity index (χ4n) is 2.82. The normalized spacial score (nSPS) is 15.5. The maximum atomic E-state index is 8.81. The van der Waals surface area contributed by atoms with Gasteiger partial charge < -0.3 is 19.4 Å². The lowest BCUT2D eigenvalue weighted by Crippen LogP contribution is -2.12. The smallest absolute Gasteiger partial charge is 0.174 e. The minimum atomic E-state index is -0.0109. The summed E-state index contributed by atoms with van der Waals surface area (Å²) in [6.45, 7) is 2.32. The Morgan fingerprint density at radius 3 is 2.83 bits per heavy atom. The molecule has 0 bridgehead atoms. The van der Waals surface area contributed by atoms with Crippen LogP contribution in [0.15, 0.2) is 12.1 Å². The molecule has 1 aliphatic rings. The zero-order chi connectivity index (χ0) is 17.0. The van der Waals surface area contributed by atoms with Crippen molar-refractivity contribution >= 4 is 40.4 Å². The first kappa shape index (κ1) is 17.6. The van der Waals surface area contributed by atoms with Crippen LogP contribution in [0.4, 0.5) is 0 Å². The molecule has 1 atom stereocenters. The van der Waals surface area contributed by atoms with E-state index in [1.165, 1.54) is 12.6 Å². The first-order chi connectivity index (χ1) is 11.1. The minimum Gasteiger partial charge on any atom is -0.478 e. The van der Waals surface area contributed by atoms with Gasteiger partial charge in [-0.05, 0) is 26.5 Å². The number of nitriles is 1. The average Bonchev–Trinajstić information content (AvgIpc) is 3.09. The van der Waals surface area contributed by atoms with Gasteiger partial charge in [-0.1, -0.05) is 23.2 Å². The highest BCUT2D eigenvalue weighted by Gasteiger charge is 2.26. The van der Waals surface area contributed by atoms with Crippen LogP contribution in [0.5, 0.6) is 5.75 Å². The predicted octanol–water partition coefficient (Wildman–Crippen LogP) is 3.72. The topological polar surface area (TPSA) is 67.1 Å². The summed E-state index contributed by atoms with van der Waals surface area (Å²) >= 11 is 12.5. The summed E-state index contributed by atoms with van der Waals surface area (Å²) < 4.78 is 7.64. The first-order valence-electron chi connectivity index (χ1n) is 7.16. The second kappa shape index (κ2) is 7.69. The zero-order valence-corrected chi connectivity index (χ0v) is 14.4. The first-order valence-corrected chi connectivity index (χ1v) is 7.92. The number of carbonyl (C=O) groups excluding carboxylic acids is 1. The van der Waals surface area contributed by atoms with Crippen LogP contribution < -0.4 is 10.1 Å². The predicted molar refractivity (Wildman–Crippen MR) is 91.2 cm³/mol. The molecule has 2 heterocycles. The van der Waals surface area contributed by atoms with Crippen LogP contribution in [-0.4, -0.2) is 24.5 Å². The maximum absolute atomic E-state index is 8.81. The Morgan fingerprint density at radius 2 is 2.22 bits per heavy atom. The molecule has 0 spiro atoms. The van der Waals surface area contributed by atoms with Gasteiger partial charge in [0.15, 0.2) is 6.61 Å². The number of hydrogen-bond acceptors (Lipinski definition) is 4. The molecule has 0 amide bonds. The molecule has 1 aromatic carbocycles. The number of hydrogen-bond donors (Lipinski definition) is 1. The molecule has 5 nitrogen and oxygen atoms in total. The van der Waals surface area contributed by atoms with Crippen LogP contribution in [0.1, 0.15) is 25.1 Å². The lowest BCUT2D eigenvalue weighted by atomic mass is 10.1. The second-order valence-corrected chi connectivity index (χ2v) is 5.75. The lowest BCUT2D eigenvalue weighted by molar-refractivity contribution is -0.106. The fourth-order valence-corrected chi connectivity index (χ4v) is 3.27. The summed E-state index contributed by atoms with van der Waals surface area (Å²) in [5.74, 6) is 0.604. The van der Waals surface area contributed by atoms with Crippen molar-refractivity contribution in [2.45, 2.75) is 25.9 Å². The molecule has 1 aliphatic heterocycles. The van der Waals surface area contributed by atoms with Crippen molar-refractivity contribution in [2.24, 2.45) is 0 Å². The van der Waals surface area contributed by atoms with Crippen molar-refractivity contribution in [3.63, 3.8) is 0 Å². The van der Waals surface area contributed by atoms with E-state index in [9.17, 15) is 0 Å². The Balaban J connectivity index is 0.000000595. The largest absolute Gasteiger partial charge is 0.478 e. The number of halogens is 2. The van der Waals surface area contributed by atoms with Gasteiger partial charge in [0, 0.05) is 29.7 Å². The van der Waals surface area contributed by atoms with Gasteiger partial charge in [-0.3, -0.25) is 0 Å². The van der Waals surface area contributed by atoms with Crippen LogP contribution >= 0.6 is 23.2 Å². The molecular formula is C16H17Cl2N3O2. The highest BCUT2D eigenvalue weighted by Crippen LogP contribution is 2.43. The highest BCUT2D eigenvalue weighted by atomic mass is 35.5. The van der Waals surface area contributed by atoms with Crippen molar-refractivity contribution in [1.82, 2.24) is 9.88 Å². The second-order valence-electron chi connectivity index (χ2n) is 4.97. The highest BCUT2D eigenvalue weighted by molar-refractivity contribution is 6.45. The third kappa shape index (κ3) is 3.30. The van der Waals surface area contributed by atoms with E-state index in [1.54, 1.807) is 6.07 Å². The van der Waals surface area contributed by atoms with Gasteiger partial charge in [0.2, 0.25) is 0 Å². The molecule has 0 saturated heterocycles. The molecule has 1 N–H and O–H groups in total. The van der Waals surface area contributed by atoms with Crippen molar-refractivity contribution in [2.75, 3.05) is 13.7 Å². The van der Waals surface area contributed by atoms with Crippen molar-refractivity contribution in [3.8, 4) is 11.8 Å². The quantitative estimate of drug-likeness (QED) is 0.853. The van der Waals surface area contributed by atoms with E-state index in [1.807, 2.05) is 13.1 Å². The van der Waals surface area contributed by atoms with Gasteiger partial charge in [0.1, 0.15) is 18.1 Å². The van der Waals surface area contributed by atoms with E-state index in [2.05, 4.69) is 16.0 Å². The number of benzene rings is 1. The number of ether oxygens (including phenoxy) is 1. The molecule has 1 unspecified atom stereocenters. The molecule has 0 saturated carbocycles. The zero-order valence-electron chi connectivity index (χ0n) is 12.9. The molecule has 0 fully saturated rings. The van der Waals surface area contributed by atoms with Gasteiger partial charge in [-0.15, -0.1) is 0 Å². The van der Waals surface area contributed by atoms with E-state index in [0.717, 1.165) is 30.2 Å². The number of carbonyl (C=O) groups is 1. The summed E-state index contributed by atoms with van der Waals surface area (Å²) in [6.07, 6.45) is 1.78. The number of rotatable bonds is 3. The van der Waals surface area contributed by atoms with Crippen molar-refractivity contribution in [3.05, 3.63) is 27.9 Å². The number of nitrogens with zero attached hydrogens (tertiary/aromatic N) is 2. The molecule has 0 aliphatic carbocycles.